The van der Waals surface area contributed by atoms with Crippen molar-refractivity contribution < 1.29 is 4.79 Å². The number of imidazole rings is 1. The molecule has 4 nitrogen and oxygen atoms in total. The highest BCUT2D eigenvalue weighted by molar-refractivity contribution is 5.94. The quantitative estimate of drug-likeness (QED) is 0.428. The van der Waals surface area contributed by atoms with E-state index in [1.807, 2.05) is 37.3 Å². The molecule has 4 heteroatoms. The minimum Gasteiger partial charge on any atom is -0.352 e. The first-order valence-corrected chi connectivity index (χ1v) is 11.0. The fourth-order valence-corrected chi connectivity index (χ4v) is 3.71. The fraction of sp³-hybridized carbons (Fsp3) is 0.440. The van der Waals surface area contributed by atoms with Gasteiger partial charge in [-0.1, -0.05) is 68.9 Å². The first kappa shape index (κ1) is 21.1. The highest BCUT2D eigenvalue weighted by Crippen LogP contribution is 2.18. The third-order valence-corrected chi connectivity index (χ3v) is 5.42. The second kappa shape index (κ2) is 10.8. The summed E-state index contributed by atoms with van der Waals surface area (Å²) in [4.78, 5) is 17.2. The number of amides is 1. The molecular formula is C25H33N3O. The molecule has 2 aromatic carbocycles. The third kappa shape index (κ3) is 5.93. The number of carbonyl (C=O) groups is 1. The summed E-state index contributed by atoms with van der Waals surface area (Å²) in [6, 6.07) is 16.0. The minimum atomic E-state index is -0.0245. The van der Waals surface area contributed by atoms with Gasteiger partial charge in [0.05, 0.1) is 11.0 Å². The summed E-state index contributed by atoms with van der Waals surface area (Å²) in [5.41, 5.74) is 4.10. The maximum absolute atomic E-state index is 12.4. The van der Waals surface area contributed by atoms with Crippen molar-refractivity contribution in [2.75, 3.05) is 6.54 Å². The summed E-state index contributed by atoms with van der Waals surface area (Å²) in [6.07, 6.45) is 8.43. The third-order valence-electron chi connectivity index (χ3n) is 5.42. The molecule has 0 aliphatic rings. The van der Waals surface area contributed by atoms with Gasteiger partial charge >= 0.3 is 0 Å². The van der Waals surface area contributed by atoms with Gasteiger partial charge in [0.2, 0.25) is 0 Å². The lowest BCUT2D eigenvalue weighted by atomic mass is 10.1. The van der Waals surface area contributed by atoms with E-state index in [0.717, 1.165) is 29.9 Å². The van der Waals surface area contributed by atoms with Gasteiger partial charge in [-0.15, -0.1) is 0 Å². The van der Waals surface area contributed by atoms with Gasteiger partial charge in [-0.25, -0.2) is 4.98 Å². The van der Waals surface area contributed by atoms with Gasteiger partial charge in [0.1, 0.15) is 5.82 Å². The second-order valence-corrected chi connectivity index (χ2v) is 7.81. The first-order valence-electron chi connectivity index (χ1n) is 11.0. The predicted octanol–water partition coefficient (Wildman–Crippen LogP) is 5.68. The number of para-hydroxylation sites is 2. The molecule has 1 amide bonds. The van der Waals surface area contributed by atoms with E-state index in [1.165, 1.54) is 44.0 Å². The number of nitrogens with one attached hydrogen (secondary N) is 1. The van der Waals surface area contributed by atoms with Crippen molar-refractivity contribution >= 4 is 16.9 Å². The highest BCUT2D eigenvalue weighted by atomic mass is 16.1. The van der Waals surface area contributed by atoms with Gasteiger partial charge in [-0.05, 0) is 37.6 Å². The average molecular weight is 392 g/mol. The van der Waals surface area contributed by atoms with E-state index < -0.39 is 0 Å². The van der Waals surface area contributed by atoms with Crippen LogP contribution in [0.4, 0.5) is 0 Å². The zero-order chi connectivity index (χ0) is 20.5. The van der Waals surface area contributed by atoms with Crippen molar-refractivity contribution in [2.45, 2.75) is 65.3 Å². The molecule has 0 fully saturated rings. The zero-order valence-electron chi connectivity index (χ0n) is 17.8. The predicted molar refractivity (Wildman–Crippen MR) is 120 cm³/mol. The van der Waals surface area contributed by atoms with Gasteiger partial charge in [-0.2, -0.15) is 0 Å². The Morgan fingerprint density at radius 3 is 2.48 bits per heavy atom. The molecule has 0 bridgehead atoms. The van der Waals surface area contributed by atoms with E-state index in [-0.39, 0.29) is 5.91 Å². The number of aromatic nitrogens is 2. The van der Waals surface area contributed by atoms with Gasteiger partial charge in [0, 0.05) is 25.1 Å². The minimum absolute atomic E-state index is 0.0245. The molecule has 0 spiro atoms. The molecule has 1 heterocycles. The number of unbranched alkanes of at least 4 members (excludes halogenated alkanes) is 5. The Morgan fingerprint density at radius 1 is 0.966 bits per heavy atom. The number of fused-ring (bicyclic) bond motifs is 1. The number of hydrogen-bond donors (Lipinski definition) is 1. The molecule has 3 aromatic rings. The van der Waals surface area contributed by atoms with Crippen LogP contribution in [-0.4, -0.2) is 22.0 Å². The molecule has 0 radical (unpaired) electrons. The van der Waals surface area contributed by atoms with E-state index in [9.17, 15) is 4.79 Å². The molecule has 0 aliphatic heterocycles. The van der Waals surface area contributed by atoms with Crippen LogP contribution >= 0.6 is 0 Å². The van der Waals surface area contributed by atoms with Crippen LogP contribution in [0.1, 0.15) is 67.2 Å². The van der Waals surface area contributed by atoms with Gasteiger partial charge in [0.15, 0.2) is 0 Å². The largest absolute Gasteiger partial charge is 0.352 e. The van der Waals surface area contributed by atoms with Crippen LogP contribution in [0, 0.1) is 6.92 Å². The summed E-state index contributed by atoms with van der Waals surface area (Å²) in [5, 5.41) is 3.04. The normalized spacial score (nSPS) is 11.1. The molecule has 0 aliphatic carbocycles. The standard InChI is InChI=1S/C25H33N3O/c1-3-4-5-6-7-10-19-28-23-12-9-8-11-22(23)27-24(28)17-18-26-25(29)21-15-13-20(2)14-16-21/h8-9,11-16H,3-7,10,17-19H2,1-2H3,(H,26,29). The lowest BCUT2D eigenvalue weighted by molar-refractivity contribution is 0.0954. The van der Waals surface area contributed by atoms with Gasteiger partial charge < -0.3 is 9.88 Å². The lowest BCUT2D eigenvalue weighted by Crippen LogP contribution is -2.26. The van der Waals surface area contributed by atoms with Crippen molar-refractivity contribution in [1.82, 2.24) is 14.9 Å². The SMILES string of the molecule is CCCCCCCCn1c(CCNC(=O)c2ccc(C)cc2)nc2ccccc21. The van der Waals surface area contributed by atoms with Crippen molar-refractivity contribution in [3.63, 3.8) is 0 Å². The summed E-state index contributed by atoms with van der Waals surface area (Å²) < 4.78 is 2.34. The molecule has 0 unspecified atom stereocenters. The molecule has 0 saturated carbocycles. The molecule has 0 saturated heterocycles. The summed E-state index contributed by atoms with van der Waals surface area (Å²) >= 11 is 0. The molecule has 0 atom stereocenters. The Bertz CT molecular complexity index is 911. The van der Waals surface area contributed by atoms with Crippen LogP contribution in [0.5, 0.6) is 0 Å². The summed E-state index contributed by atoms with van der Waals surface area (Å²) in [6.45, 7) is 5.86. The van der Waals surface area contributed by atoms with E-state index >= 15 is 0 Å². The van der Waals surface area contributed by atoms with E-state index in [4.69, 9.17) is 4.98 Å². The Kier molecular flexibility index (Phi) is 7.85. The number of rotatable bonds is 11. The van der Waals surface area contributed by atoms with Crippen LogP contribution in [0.15, 0.2) is 48.5 Å². The Labute approximate surface area is 174 Å². The number of aryl methyl sites for hydroxylation is 2. The Balaban J connectivity index is 1.59. The molecular weight excluding hydrogens is 358 g/mol. The van der Waals surface area contributed by atoms with Crippen molar-refractivity contribution in [3.05, 3.63) is 65.5 Å². The summed E-state index contributed by atoms with van der Waals surface area (Å²) in [5.74, 6) is 1.03. The maximum Gasteiger partial charge on any atom is 0.251 e. The van der Waals surface area contributed by atoms with E-state index in [0.29, 0.717) is 12.1 Å². The molecule has 3 rings (SSSR count). The van der Waals surface area contributed by atoms with Crippen LogP contribution in [0.2, 0.25) is 0 Å². The van der Waals surface area contributed by atoms with E-state index in [1.54, 1.807) is 0 Å². The van der Waals surface area contributed by atoms with Crippen LogP contribution in [-0.2, 0) is 13.0 Å². The van der Waals surface area contributed by atoms with Crippen LogP contribution in [0.25, 0.3) is 11.0 Å². The van der Waals surface area contributed by atoms with E-state index in [2.05, 4.69) is 35.0 Å². The topological polar surface area (TPSA) is 46.9 Å². The smallest absolute Gasteiger partial charge is 0.251 e. The lowest BCUT2D eigenvalue weighted by Gasteiger charge is -2.10. The van der Waals surface area contributed by atoms with Crippen molar-refractivity contribution in [2.24, 2.45) is 0 Å². The monoisotopic (exact) mass is 391 g/mol. The fourth-order valence-electron chi connectivity index (χ4n) is 3.71. The summed E-state index contributed by atoms with van der Waals surface area (Å²) in [7, 11) is 0. The highest BCUT2D eigenvalue weighted by Gasteiger charge is 2.11. The number of benzene rings is 2. The van der Waals surface area contributed by atoms with Gasteiger partial charge in [-0.3, -0.25) is 4.79 Å². The number of carbonyl (C=O) groups excluding carboxylic acids is 1. The number of hydrogen-bond acceptors (Lipinski definition) is 2. The molecule has 29 heavy (non-hydrogen) atoms. The molecule has 1 aromatic heterocycles. The second-order valence-electron chi connectivity index (χ2n) is 7.81. The molecule has 1 N–H and O–H groups in total. The average Bonchev–Trinajstić information content (AvgIpc) is 3.08. The Hall–Kier alpha value is -2.62. The zero-order valence-corrected chi connectivity index (χ0v) is 17.8. The van der Waals surface area contributed by atoms with Gasteiger partial charge in [0.25, 0.3) is 5.91 Å². The first-order chi connectivity index (χ1) is 14.2. The van der Waals surface area contributed by atoms with Crippen LogP contribution < -0.4 is 5.32 Å². The molecule has 154 valence electrons. The maximum atomic E-state index is 12.4. The number of nitrogens with zero attached hydrogens (tertiary/aromatic N) is 2. The van der Waals surface area contributed by atoms with Crippen LogP contribution in [0.3, 0.4) is 0 Å². The van der Waals surface area contributed by atoms with Crippen molar-refractivity contribution in [1.29, 1.82) is 0 Å². The van der Waals surface area contributed by atoms with Crippen molar-refractivity contribution in [3.8, 4) is 0 Å². The Morgan fingerprint density at radius 2 is 1.69 bits per heavy atom.